The minimum atomic E-state index is -0.764. The number of ether oxygens (including phenoxy) is 1. The highest BCUT2D eigenvalue weighted by atomic mass is 16.6. The lowest BCUT2D eigenvalue weighted by molar-refractivity contribution is -0.124. The van der Waals surface area contributed by atoms with E-state index in [0.29, 0.717) is 0 Å². The topological polar surface area (TPSA) is 106 Å². The van der Waals surface area contributed by atoms with Gasteiger partial charge in [-0.3, -0.25) is 14.8 Å². The third-order valence-corrected chi connectivity index (χ3v) is 3.50. The van der Waals surface area contributed by atoms with Crippen molar-refractivity contribution in [1.82, 2.24) is 20.7 Å². The van der Waals surface area contributed by atoms with Gasteiger partial charge in [0, 0.05) is 12.4 Å². The van der Waals surface area contributed by atoms with Crippen LogP contribution >= 0.6 is 0 Å². The molecule has 2 rings (SSSR count). The van der Waals surface area contributed by atoms with E-state index in [4.69, 9.17) is 4.74 Å². The molecule has 1 heterocycles. The number of carbonyl (C=O) groups excluding carboxylic acids is 2. The Morgan fingerprint density at radius 3 is 2.44 bits per heavy atom. The Kier molecular flexibility index (Phi) is 6.44. The fourth-order valence-electron chi connectivity index (χ4n) is 2.27. The molecule has 0 fully saturated rings. The van der Waals surface area contributed by atoms with Crippen molar-refractivity contribution in [1.29, 1.82) is 0 Å². The second-order valence-corrected chi connectivity index (χ2v) is 7.41. The van der Waals surface area contributed by atoms with Crippen LogP contribution in [0, 0.1) is 5.92 Å². The minimum absolute atomic E-state index is 0.135. The van der Waals surface area contributed by atoms with Crippen molar-refractivity contribution in [2.45, 2.75) is 46.3 Å². The van der Waals surface area contributed by atoms with Gasteiger partial charge in [-0.1, -0.05) is 19.9 Å². The Labute approximate surface area is 158 Å². The van der Waals surface area contributed by atoms with E-state index in [1.54, 1.807) is 33.2 Å². The van der Waals surface area contributed by atoms with E-state index in [2.05, 4.69) is 25.8 Å². The van der Waals surface area contributed by atoms with Crippen LogP contribution in [-0.4, -0.2) is 39.8 Å². The number of nitrogens with zero attached hydrogens (tertiary/aromatic N) is 3. The maximum absolute atomic E-state index is 12.4. The average Bonchev–Trinajstić information content (AvgIpc) is 2.57. The second-order valence-electron chi connectivity index (χ2n) is 7.41. The lowest BCUT2D eigenvalue weighted by Gasteiger charge is -2.24. The summed E-state index contributed by atoms with van der Waals surface area (Å²) in [5.74, 6) is -0.559. The number of aromatic nitrogens is 2. The number of carbonyl (C=O) groups is 2. The smallest absolute Gasteiger partial charge is 0.408 e. The molecule has 0 bridgehead atoms. The van der Waals surface area contributed by atoms with Gasteiger partial charge in [0.2, 0.25) is 0 Å². The Hall–Kier alpha value is -3.03. The molecule has 1 aromatic heterocycles. The first kappa shape index (κ1) is 20.3. The zero-order valence-electron chi connectivity index (χ0n) is 16.2. The third kappa shape index (κ3) is 6.32. The molecule has 0 aliphatic rings. The summed E-state index contributed by atoms with van der Waals surface area (Å²) in [6.07, 6.45) is 4.10. The van der Waals surface area contributed by atoms with Crippen LogP contribution in [0.5, 0.6) is 0 Å². The highest BCUT2D eigenvalue weighted by molar-refractivity contribution is 5.89. The molecule has 8 heteroatoms. The molecule has 1 aromatic carbocycles. The molecule has 2 N–H and O–H groups in total. The number of nitrogens with one attached hydrogen (secondary N) is 2. The SMILES string of the molecule is CC(C)[C@@H](NC(=O)OC(C)(C)C)C(=O)N/N=C\c1ccc2nccnc2c1. The number of alkyl carbamates (subject to hydrolysis) is 1. The van der Waals surface area contributed by atoms with Crippen LogP contribution in [-0.2, 0) is 9.53 Å². The zero-order chi connectivity index (χ0) is 20.0. The van der Waals surface area contributed by atoms with Gasteiger partial charge in [0.1, 0.15) is 11.6 Å². The minimum Gasteiger partial charge on any atom is -0.444 e. The van der Waals surface area contributed by atoms with Gasteiger partial charge in [-0.25, -0.2) is 10.2 Å². The van der Waals surface area contributed by atoms with Crippen molar-refractivity contribution in [3.63, 3.8) is 0 Å². The van der Waals surface area contributed by atoms with E-state index in [-0.39, 0.29) is 5.92 Å². The van der Waals surface area contributed by atoms with Crippen LogP contribution in [0.15, 0.2) is 35.7 Å². The molecule has 0 aliphatic carbocycles. The number of hydrogen-bond donors (Lipinski definition) is 2. The summed E-state index contributed by atoms with van der Waals surface area (Å²) in [5.41, 5.74) is 4.09. The Morgan fingerprint density at radius 1 is 1.15 bits per heavy atom. The quantitative estimate of drug-likeness (QED) is 0.621. The van der Waals surface area contributed by atoms with Gasteiger partial charge in [0.05, 0.1) is 17.2 Å². The molecule has 0 aliphatic heterocycles. The van der Waals surface area contributed by atoms with Gasteiger partial charge >= 0.3 is 6.09 Å². The van der Waals surface area contributed by atoms with E-state index in [0.717, 1.165) is 16.6 Å². The second kappa shape index (κ2) is 8.57. The maximum Gasteiger partial charge on any atom is 0.408 e. The van der Waals surface area contributed by atoms with E-state index in [9.17, 15) is 9.59 Å². The fourth-order valence-corrected chi connectivity index (χ4v) is 2.27. The van der Waals surface area contributed by atoms with Crippen LogP contribution in [0.1, 0.15) is 40.2 Å². The van der Waals surface area contributed by atoms with Crippen molar-refractivity contribution >= 4 is 29.2 Å². The Bertz CT molecular complexity index is 843. The van der Waals surface area contributed by atoms with Gasteiger partial charge in [0.15, 0.2) is 0 Å². The van der Waals surface area contributed by atoms with Crippen molar-refractivity contribution in [2.75, 3.05) is 0 Å². The largest absolute Gasteiger partial charge is 0.444 e. The summed E-state index contributed by atoms with van der Waals surface area (Å²) in [7, 11) is 0. The van der Waals surface area contributed by atoms with Crippen LogP contribution in [0.2, 0.25) is 0 Å². The number of benzene rings is 1. The van der Waals surface area contributed by atoms with Gasteiger partial charge < -0.3 is 10.1 Å². The van der Waals surface area contributed by atoms with Crippen molar-refractivity contribution in [3.05, 3.63) is 36.2 Å². The number of amides is 2. The summed E-state index contributed by atoms with van der Waals surface area (Å²) in [4.78, 5) is 32.7. The normalized spacial score (nSPS) is 13.0. The molecule has 1 atom stereocenters. The number of rotatable bonds is 5. The standard InChI is InChI=1S/C19H25N5O3/c1-12(2)16(23-18(26)27-19(3,4)5)17(25)24-22-11-13-6-7-14-15(10-13)21-9-8-20-14/h6-12,16H,1-5H3,(H,23,26)(H,24,25)/b22-11-/t16-/m1/s1. The Morgan fingerprint density at radius 2 is 1.81 bits per heavy atom. The van der Waals surface area contributed by atoms with Crippen LogP contribution in [0.25, 0.3) is 11.0 Å². The summed E-state index contributed by atoms with van der Waals surface area (Å²) < 4.78 is 5.20. The van der Waals surface area contributed by atoms with Crippen molar-refractivity contribution < 1.29 is 14.3 Å². The number of fused-ring (bicyclic) bond motifs is 1. The molecule has 0 radical (unpaired) electrons. The fraction of sp³-hybridized carbons (Fsp3) is 0.421. The zero-order valence-corrected chi connectivity index (χ0v) is 16.2. The number of hydrogen-bond acceptors (Lipinski definition) is 6. The molecular weight excluding hydrogens is 346 g/mol. The molecule has 27 heavy (non-hydrogen) atoms. The summed E-state index contributed by atoms with van der Waals surface area (Å²) in [6.45, 7) is 8.93. The van der Waals surface area contributed by atoms with Crippen LogP contribution in [0.4, 0.5) is 4.79 Å². The first-order valence-corrected chi connectivity index (χ1v) is 8.69. The van der Waals surface area contributed by atoms with Gasteiger partial charge in [-0.05, 0) is 44.4 Å². The first-order chi connectivity index (χ1) is 12.7. The molecule has 0 saturated carbocycles. The maximum atomic E-state index is 12.4. The molecule has 2 aromatic rings. The van der Waals surface area contributed by atoms with Gasteiger partial charge in [-0.2, -0.15) is 5.10 Å². The molecular formula is C19H25N5O3. The van der Waals surface area contributed by atoms with E-state index in [1.807, 2.05) is 32.0 Å². The summed E-state index contributed by atoms with van der Waals surface area (Å²) in [6, 6.07) is 4.70. The van der Waals surface area contributed by atoms with Gasteiger partial charge in [0.25, 0.3) is 5.91 Å². The van der Waals surface area contributed by atoms with E-state index >= 15 is 0 Å². The van der Waals surface area contributed by atoms with Crippen LogP contribution in [0.3, 0.4) is 0 Å². The average molecular weight is 371 g/mol. The van der Waals surface area contributed by atoms with Gasteiger partial charge in [-0.15, -0.1) is 0 Å². The molecule has 2 amide bonds. The first-order valence-electron chi connectivity index (χ1n) is 8.69. The molecule has 0 unspecified atom stereocenters. The summed E-state index contributed by atoms with van der Waals surface area (Å²) >= 11 is 0. The lowest BCUT2D eigenvalue weighted by Crippen LogP contribution is -2.49. The monoisotopic (exact) mass is 371 g/mol. The predicted molar refractivity (Wildman–Crippen MR) is 103 cm³/mol. The molecule has 8 nitrogen and oxygen atoms in total. The summed E-state index contributed by atoms with van der Waals surface area (Å²) in [5, 5.41) is 6.55. The Balaban J connectivity index is 1.99. The highest BCUT2D eigenvalue weighted by Crippen LogP contribution is 2.10. The van der Waals surface area contributed by atoms with Crippen molar-refractivity contribution in [3.8, 4) is 0 Å². The third-order valence-electron chi connectivity index (χ3n) is 3.50. The lowest BCUT2D eigenvalue weighted by atomic mass is 10.0. The van der Waals surface area contributed by atoms with Crippen LogP contribution < -0.4 is 10.7 Å². The van der Waals surface area contributed by atoms with E-state index < -0.39 is 23.6 Å². The predicted octanol–water partition coefficient (Wildman–Crippen LogP) is 2.63. The van der Waals surface area contributed by atoms with Crippen molar-refractivity contribution in [2.24, 2.45) is 11.0 Å². The van der Waals surface area contributed by atoms with E-state index in [1.165, 1.54) is 6.21 Å². The molecule has 0 spiro atoms. The molecule has 144 valence electrons. The highest BCUT2D eigenvalue weighted by Gasteiger charge is 2.26. The number of hydrazone groups is 1. The molecule has 0 saturated heterocycles.